The quantitative estimate of drug-likeness (QED) is 0.687. The molecule has 0 aromatic carbocycles. The Morgan fingerprint density at radius 1 is 1.62 bits per heavy atom. The van der Waals surface area contributed by atoms with E-state index in [0.29, 0.717) is 19.1 Å². The van der Waals surface area contributed by atoms with Gasteiger partial charge in [0.15, 0.2) is 0 Å². The highest BCUT2D eigenvalue weighted by Crippen LogP contribution is 1.98. The van der Waals surface area contributed by atoms with E-state index in [2.05, 4.69) is 5.92 Å². The van der Waals surface area contributed by atoms with Crippen LogP contribution in [0.25, 0.3) is 0 Å². The molecule has 0 aromatic rings. The first-order chi connectivity index (χ1) is 5.57. The summed E-state index contributed by atoms with van der Waals surface area (Å²) in [6.45, 7) is 5.04. The lowest BCUT2D eigenvalue weighted by atomic mass is 10.3. The van der Waals surface area contributed by atoms with Gasteiger partial charge in [0.25, 0.3) is 0 Å². The molecule has 3 nitrogen and oxygen atoms in total. The van der Waals surface area contributed by atoms with Crippen LogP contribution < -0.4 is 0 Å². The summed E-state index contributed by atoms with van der Waals surface area (Å²) in [5.74, 6) is 1.73. The molecule has 0 unspecified atom stereocenters. The van der Waals surface area contributed by atoms with Crippen LogP contribution >= 0.6 is 12.4 Å². The third-order valence-corrected chi connectivity index (χ3v) is 1.64. The fourth-order valence-corrected chi connectivity index (χ4v) is 0.876. The summed E-state index contributed by atoms with van der Waals surface area (Å²) in [7, 11) is 0. The van der Waals surface area contributed by atoms with Crippen LogP contribution in [0.2, 0.25) is 0 Å². The minimum absolute atomic E-state index is 0. The fourth-order valence-electron chi connectivity index (χ4n) is 0.876. The highest BCUT2D eigenvalue weighted by Gasteiger charge is 2.08. The molecule has 0 saturated heterocycles. The number of terminal acetylenes is 1. The van der Waals surface area contributed by atoms with Crippen LogP contribution in [0.5, 0.6) is 0 Å². The lowest BCUT2D eigenvalue weighted by Crippen LogP contribution is -2.33. The average molecular weight is 206 g/mol. The Hall–Kier alpha value is -0.720. The van der Waals surface area contributed by atoms with Gasteiger partial charge in [-0.2, -0.15) is 0 Å². The van der Waals surface area contributed by atoms with Crippen molar-refractivity contribution < 1.29 is 9.90 Å². The van der Waals surface area contributed by atoms with Crippen LogP contribution in [0.4, 0.5) is 0 Å². The van der Waals surface area contributed by atoms with Crippen LogP contribution in [0, 0.1) is 12.3 Å². The molecular formula is C9H16ClNO2. The van der Waals surface area contributed by atoms with Crippen molar-refractivity contribution in [3.05, 3.63) is 0 Å². The second-order valence-corrected chi connectivity index (χ2v) is 2.91. The van der Waals surface area contributed by atoms with Crippen LogP contribution in [0.15, 0.2) is 0 Å². The van der Waals surface area contributed by atoms with E-state index >= 15 is 0 Å². The zero-order chi connectivity index (χ0) is 9.56. The fraction of sp³-hybridized carbons (Fsp3) is 0.667. The second kappa shape index (κ2) is 7.90. The molecule has 0 heterocycles. The molecule has 0 rings (SSSR count). The predicted octanol–water partition coefficient (Wildman–Crippen LogP) is 1.23. The van der Waals surface area contributed by atoms with Gasteiger partial charge in [-0.15, -0.1) is 18.8 Å². The topological polar surface area (TPSA) is 40.5 Å². The van der Waals surface area contributed by atoms with E-state index in [4.69, 9.17) is 11.5 Å². The number of halogens is 1. The molecule has 0 atom stereocenters. The van der Waals surface area contributed by atoms with E-state index in [1.807, 2.05) is 18.7 Å². The van der Waals surface area contributed by atoms with Crippen molar-refractivity contribution in [2.75, 3.05) is 13.1 Å². The molecular weight excluding hydrogens is 190 g/mol. The van der Waals surface area contributed by atoms with Gasteiger partial charge < -0.3 is 5.11 Å². The molecule has 4 heteroatoms. The van der Waals surface area contributed by atoms with E-state index < -0.39 is 5.97 Å². The van der Waals surface area contributed by atoms with Crippen LogP contribution in [-0.4, -0.2) is 35.1 Å². The van der Waals surface area contributed by atoms with Crippen molar-refractivity contribution in [1.82, 2.24) is 4.90 Å². The summed E-state index contributed by atoms with van der Waals surface area (Å²) in [5, 5.41) is 8.43. The highest BCUT2D eigenvalue weighted by molar-refractivity contribution is 5.85. The first kappa shape index (κ1) is 14.8. The largest absolute Gasteiger partial charge is 0.481 e. The molecule has 0 saturated carbocycles. The lowest BCUT2D eigenvalue weighted by Gasteiger charge is -2.22. The molecule has 13 heavy (non-hydrogen) atoms. The lowest BCUT2D eigenvalue weighted by molar-refractivity contribution is -0.137. The molecule has 0 radical (unpaired) electrons. The smallest absolute Gasteiger partial charge is 0.304 e. The third kappa shape index (κ3) is 7.63. The second-order valence-electron chi connectivity index (χ2n) is 2.91. The van der Waals surface area contributed by atoms with Crippen molar-refractivity contribution in [2.45, 2.75) is 26.3 Å². The molecule has 0 fully saturated rings. The standard InChI is InChI=1S/C9H15NO2.ClH/c1-4-6-10(8(2)3)7-5-9(11)12;/h1,8H,5-7H2,2-3H3,(H,11,12);1H. The number of rotatable bonds is 5. The molecule has 0 aromatic heterocycles. The van der Waals surface area contributed by atoms with E-state index in [1.165, 1.54) is 0 Å². The maximum Gasteiger partial charge on any atom is 0.304 e. The van der Waals surface area contributed by atoms with Gasteiger partial charge >= 0.3 is 5.97 Å². The highest BCUT2D eigenvalue weighted by atomic mass is 35.5. The summed E-state index contributed by atoms with van der Waals surface area (Å²) in [6, 6.07) is 0.306. The minimum Gasteiger partial charge on any atom is -0.481 e. The molecule has 0 spiro atoms. The van der Waals surface area contributed by atoms with E-state index in [1.54, 1.807) is 0 Å². The van der Waals surface area contributed by atoms with Gasteiger partial charge in [-0.1, -0.05) is 5.92 Å². The monoisotopic (exact) mass is 205 g/mol. The maximum atomic E-state index is 10.3. The van der Waals surface area contributed by atoms with Crippen LogP contribution in [0.1, 0.15) is 20.3 Å². The van der Waals surface area contributed by atoms with E-state index in [9.17, 15) is 4.79 Å². The van der Waals surface area contributed by atoms with E-state index in [-0.39, 0.29) is 18.8 Å². The summed E-state index contributed by atoms with van der Waals surface area (Å²) in [6.07, 6.45) is 5.29. The van der Waals surface area contributed by atoms with Gasteiger partial charge in [-0.25, -0.2) is 0 Å². The number of carboxylic acid groups (broad SMARTS) is 1. The Morgan fingerprint density at radius 3 is 2.46 bits per heavy atom. The maximum absolute atomic E-state index is 10.3. The number of carboxylic acids is 1. The first-order valence-corrected chi connectivity index (χ1v) is 3.97. The summed E-state index contributed by atoms with van der Waals surface area (Å²) in [4.78, 5) is 12.2. The number of hydrogen-bond acceptors (Lipinski definition) is 2. The van der Waals surface area contributed by atoms with Crippen LogP contribution in [-0.2, 0) is 4.79 Å². The Morgan fingerprint density at radius 2 is 2.15 bits per heavy atom. The van der Waals surface area contributed by atoms with Gasteiger partial charge in [0.2, 0.25) is 0 Å². The molecule has 76 valence electrons. The number of aliphatic carboxylic acids is 1. The number of carbonyl (C=O) groups is 1. The summed E-state index contributed by atoms with van der Waals surface area (Å²) in [5.41, 5.74) is 0. The molecule has 1 N–H and O–H groups in total. The number of hydrogen-bond donors (Lipinski definition) is 1. The van der Waals surface area contributed by atoms with Gasteiger partial charge in [0.05, 0.1) is 13.0 Å². The van der Waals surface area contributed by atoms with Crippen molar-refractivity contribution >= 4 is 18.4 Å². The first-order valence-electron chi connectivity index (χ1n) is 3.97. The van der Waals surface area contributed by atoms with Gasteiger partial charge in [0.1, 0.15) is 0 Å². The van der Waals surface area contributed by atoms with Gasteiger partial charge in [-0.05, 0) is 13.8 Å². The summed E-state index contributed by atoms with van der Waals surface area (Å²) < 4.78 is 0. The third-order valence-electron chi connectivity index (χ3n) is 1.64. The zero-order valence-corrected chi connectivity index (χ0v) is 8.80. The van der Waals surface area contributed by atoms with Crippen molar-refractivity contribution in [2.24, 2.45) is 0 Å². The van der Waals surface area contributed by atoms with Crippen molar-refractivity contribution in [1.29, 1.82) is 0 Å². The number of nitrogens with zero attached hydrogens (tertiary/aromatic N) is 1. The predicted molar refractivity (Wildman–Crippen MR) is 55.0 cm³/mol. The van der Waals surface area contributed by atoms with Gasteiger partial charge in [-0.3, -0.25) is 9.69 Å². The van der Waals surface area contributed by atoms with Crippen molar-refractivity contribution in [3.8, 4) is 12.3 Å². The summed E-state index contributed by atoms with van der Waals surface area (Å²) >= 11 is 0. The average Bonchev–Trinajstić information content (AvgIpc) is 1.96. The molecule has 0 aliphatic rings. The molecule has 0 amide bonds. The molecule has 0 bridgehead atoms. The molecule has 0 aliphatic carbocycles. The Balaban J connectivity index is 0. The van der Waals surface area contributed by atoms with Gasteiger partial charge in [0, 0.05) is 12.6 Å². The zero-order valence-electron chi connectivity index (χ0n) is 7.99. The minimum atomic E-state index is -0.780. The SMILES string of the molecule is C#CCN(CCC(=O)O)C(C)C.Cl. The van der Waals surface area contributed by atoms with Crippen molar-refractivity contribution in [3.63, 3.8) is 0 Å². The Labute approximate surface area is 85.5 Å². The van der Waals surface area contributed by atoms with Crippen LogP contribution in [0.3, 0.4) is 0 Å². The Bertz CT molecular complexity index is 187. The molecule has 0 aliphatic heterocycles. The normalized spacial score (nSPS) is 9.46. The Kier molecular flexibility index (Phi) is 8.99. The van der Waals surface area contributed by atoms with E-state index in [0.717, 1.165) is 0 Å².